The van der Waals surface area contributed by atoms with Crippen molar-refractivity contribution in [3.8, 4) is 11.5 Å². The largest absolute Gasteiger partial charge is 0.490 e. The van der Waals surface area contributed by atoms with Crippen LogP contribution in [0.1, 0.15) is 53.8 Å². The number of nitrogens with zero attached hydrogens (tertiary/aromatic N) is 1. The van der Waals surface area contributed by atoms with Gasteiger partial charge in [-0.05, 0) is 61.4 Å². The smallest absolute Gasteiger partial charge is 0.291 e. The fraction of sp³-hybridized carbons (Fsp3) is 0.259. The lowest BCUT2D eigenvalue weighted by atomic mass is 9.98. The van der Waals surface area contributed by atoms with Crippen molar-refractivity contribution in [2.24, 2.45) is 0 Å². The second-order valence-electron chi connectivity index (χ2n) is 8.22. The highest BCUT2D eigenvalue weighted by Crippen LogP contribution is 2.41. The highest BCUT2D eigenvalue weighted by atomic mass is 19.1. The molecule has 2 aromatic carbocycles. The maximum absolute atomic E-state index is 14.0. The number of hydrogen-bond acceptors (Lipinski definition) is 6. The van der Waals surface area contributed by atoms with E-state index in [1.54, 1.807) is 30.3 Å². The number of fused-ring (bicyclic) bond motifs is 2. The number of benzene rings is 2. The molecule has 0 saturated heterocycles. The molecular formula is C27H24FNO6. The Hall–Kier alpha value is -4.07. The van der Waals surface area contributed by atoms with Gasteiger partial charge in [0.2, 0.25) is 5.76 Å². The zero-order valence-electron chi connectivity index (χ0n) is 19.4. The van der Waals surface area contributed by atoms with Crippen molar-refractivity contribution in [1.82, 2.24) is 4.90 Å². The zero-order chi connectivity index (χ0) is 24.5. The van der Waals surface area contributed by atoms with Crippen LogP contribution in [0.2, 0.25) is 0 Å². The third-order valence-electron chi connectivity index (χ3n) is 5.88. The number of rotatable bonds is 8. The molecule has 0 N–H and O–H groups in total. The topological polar surface area (TPSA) is 82.1 Å². The van der Waals surface area contributed by atoms with Crippen LogP contribution in [0.3, 0.4) is 0 Å². The monoisotopic (exact) mass is 477 g/mol. The van der Waals surface area contributed by atoms with Gasteiger partial charge in [0.25, 0.3) is 5.91 Å². The maximum atomic E-state index is 14.0. The van der Waals surface area contributed by atoms with Gasteiger partial charge in [-0.1, -0.05) is 13.0 Å². The second-order valence-corrected chi connectivity index (χ2v) is 8.22. The molecule has 3 heterocycles. The fourth-order valence-electron chi connectivity index (χ4n) is 4.37. The molecule has 1 aliphatic rings. The van der Waals surface area contributed by atoms with E-state index in [9.17, 15) is 14.0 Å². The zero-order valence-corrected chi connectivity index (χ0v) is 19.4. The van der Waals surface area contributed by atoms with Gasteiger partial charge >= 0.3 is 0 Å². The van der Waals surface area contributed by atoms with Gasteiger partial charge in [-0.3, -0.25) is 9.59 Å². The van der Waals surface area contributed by atoms with Crippen LogP contribution in [0.5, 0.6) is 11.5 Å². The molecule has 0 radical (unpaired) electrons. The molecule has 4 aromatic rings. The lowest BCUT2D eigenvalue weighted by molar-refractivity contribution is 0.0701. The van der Waals surface area contributed by atoms with E-state index in [1.165, 1.54) is 23.3 Å². The summed E-state index contributed by atoms with van der Waals surface area (Å²) in [6.45, 7) is 4.92. The number of carbonyl (C=O) groups excluding carboxylic acids is 1. The Morgan fingerprint density at radius 3 is 2.63 bits per heavy atom. The summed E-state index contributed by atoms with van der Waals surface area (Å²) in [5.41, 5.74) is 0.495. The Kier molecular flexibility index (Phi) is 6.03. The van der Waals surface area contributed by atoms with Crippen LogP contribution in [-0.2, 0) is 6.54 Å². The molecule has 0 saturated carbocycles. The van der Waals surface area contributed by atoms with Crippen molar-refractivity contribution < 1.29 is 27.5 Å². The third-order valence-corrected chi connectivity index (χ3v) is 5.88. The summed E-state index contributed by atoms with van der Waals surface area (Å²) < 4.78 is 36.9. The van der Waals surface area contributed by atoms with Gasteiger partial charge in [0, 0.05) is 0 Å². The quantitative estimate of drug-likeness (QED) is 0.335. The first-order chi connectivity index (χ1) is 17.0. The Morgan fingerprint density at radius 2 is 1.89 bits per heavy atom. The second kappa shape index (κ2) is 9.29. The summed E-state index contributed by atoms with van der Waals surface area (Å²) in [6.07, 6.45) is 2.35. The molecule has 0 bridgehead atoms. The van der Waals surface area contributed by atoms with Crippen molar-refractivity contribution in [2.75, 3.05) is 13.2 Å². The molecule has 0 spiro atoms. The number of carbonyl (C=O) groups is 1. The molecule has 180 valence electrons. The molecule has 0 fully saturated rings. The molecule has 1 aliphatic heterocycles. The number of furan rings is 1. The molecule has 5 rings (SSSR count). The van der Waals surface area contributed by atoms with Crippen LogP contribution >= 0.6 is 0 Å². The molecule has 35 heavy (non-hydrogen) atoms. The van der Waals surface area contributed by atoms with Crippen LogP contribution < -0.4 is 14.9 Å². The Labute approximate surface area is 200 Å². The predicted octanol–water partition coefficient (Wildman–Crippen LogP) is 5.46. The predicted molar refractivity (Wildman–Crippen MR) is 126 cm³/mol. The van der Waals surface area contributed by atoms with E-state index in [4.69, 9.17) is 18.3 Å². The summed E-state index contributed by atoms with van der Waals surface area (Å²) in [5, 5.41) is 0.0781. The van der Waals surface area contributed by atoms with Crippen LogP contribution in [0, 0.1) is 5.82 Å². The van der Waals surface area contributed by atoms with Crippen LogP contribution in [0.4, 0.5) is 4.39 Å². The third kappa shape index (κ3) is 4.05. The number of hydrogen-bond donors (Lipinski definition) is 0. The minimum absolute atomic E-state index is 0.0602. The van der Waals surface area contributed by atoms with E-state index < -0.39 is 23.2 Å². The Bertz CT molecular complexity index is 1440. The molecule has 1 amide bonds. The Morgan fingerprint density at radius 1 is 1.03 bits per heavy atom. The molecule has 0 aliphatic carbocycles. The number of amides is 1. The summed E-state index contributed by atoms with van der Waals surface area (Å²) in [7, 11) is 0. The van der Waals surface area contributed by atoms with E-state index in [-0.39, 0.29) is 28.8 Å². The maximum Gasteiger partial charge on any atom is 0.291 e. The summed E-state index contributed by atoms with van der Waals surface area (Å²) >= 11 is 0. The van der Waals surface area contributed by atoms with Crippen molar-refractivity contribution in [2.45, 2.75) is 32.9 Å². The lowest BCUT2D eigenvalue weighted by Gasteiger charge is -2.25. The van der Waals surface area contributed by atoms with E-state index >= 15 is 0 Å². The first-order valence-corrected chi connectivity index (χ1v) is 11.5. The standard InChI is InChI=1S/C27H24FNO6/c1-3-11-34-21-9-7-16(13-22(21)32-4-2)24-23-25(30)19-14-17(28)8-10-20(19)35-26(23)27(31)29(24)15-18-6-5-12-33-18/h5-10,12-14,24H,3-4,11,15H2,1-2H3. The average Bonchev–Trinajstić information content (AvgIpc) is 3.46. The minimum Gasteiger partial charge on any atom is -0.490 e. The van der Waals surface area contributed by atoms with Crippen molar-refractivity contribution in [3.63, 3.8) is 0 Å². The molecular weight excluding hydrogens is 453 g/mol. The van der Waals surface area contributed by atoms with Gasteiger partial charge in [-0.25, -0.2) is 4.39 Å². The minimum atomic E-state index is -0.786. The van der Waals surface area contributed by atoms with E-state index in [2.05, 4.69) is 0 Å². The van der Waals surface area contributed by atoms with Gasteiger partial charge in [0.15, 0.2) is 16.9 Å². The average molecular weight is 477 g/mol. The van der Waals surface area contributed by atoms with Gasteiger partial charge in [-0.15, -0.1) is 0 Å². The van der Waals surface area contributed by atoms with E-state index in [0.717, 1.165) is 12.5 Å². The van der Waals surface area contributed by atoms with Crippen molar-refractivity contribution >= 4 is 16.9 Å². The summed E-state index contributed by atoms with van der Waals surface area (Å²) in [5.74, 6) is 0.561. The molecule has 2 aromatic heterocycles. The van der Waals surface area contributed by atoms with E-state index in [0.29, 0.717) is 36.0 Å². The Balaban J connectivity index is 1.69. The first-order valence-electron chi connectivity index (χ1n) is 11.5. The van der Waals surface area contributed by atoms with Gasteiger partial charge in [0.1, 0.15) is 17.2 Å². The summed E-state index contributed by atoms with van der Waals surface area (Å²) in [6, 6.07) is 11.7. The first kappa shape index (κ1) is 22.7. The van der Waals surface area contributed by atoms with E-state index in [1.807, 2.05) is 13.8 Å². The molecule has 8 heteroatoms. The normalized spacial score (nSPS) is 15.0. The molecule has 7 nitrogen and oxygen atoms in total. The lowest BCUT2D eigenvalue weighted by Crippen LogP contribution is -2.29. The molecule has 1 atom stereocenters. The van der Waals surface area contributed by atoms with Gasteiger partial charge < -0.3 is 23.2 Å². The fourth-order valence-corrected chi connectivity index (χ4v) is 4.37. The highest BCUT2D eigenvalue weighted by molar-refractivity contribution is 5.99. The van der Waals surface area contributed by atoms with Crippen LogP contribution in [0.15, 0.2) is 68.4 Å². The van der Waals surface area contributed by atoms with Crippen molar-refractivity contribution in [3.05, 3.63) is 93.5 Å². The van der Waals surface area contributed by atoms with Crippen molar-refractivity contribution in [1.29, 1.82) is 0 Å². The number of halogens is 1. The SMILES string of the molecule is CCCOc1ccc(C2c3c(oc4ccc(F)cc4c3=O)C(=O)N2Cc2ccco2)cc1OCC. The highest BCUT2D eigenvalue weighted by Gasteiger charge is 2.43. The van der Waals surface area contributed by atoms with Crippen LogP contribution in [-0.4, -0.2) is 24.0 Å². The van der Waals surface area contributed by atoms with Gasteiger partial charge in [0.05, 0.1) is 43.0 Å². The molecule has 1 unspecified atom stereocenters. The summed E-state index contributed by atoms with van der Waals surface area (Å²) in [4.78, 5) is 28.6. The number of ether oxygens (including phenoxy) is 2. The van der Waals surface area contributed by atoms with Gasteiger partial charge in [-0.2, -0.15) is 0 Å². The van der Waals surface area contributed by atoms with Crippen LogP contribution in [0.25, 0.3) is 11.0 Å².